The van der Waals surface area contributed by atoms with Gasteiger partial charge < -0.3 is 4.80 Å². The van der Waals surface area contributed by atoms with Crippen LogP contribution in [0, 0.1) is 0 Å². The fourth-order valence-corrected chi connectivity index (χ4v) is 3.46. The molecule has 2 heteroatoms. The topological polar surface area (TPSA) is 20.2 Å². The average molecular weight is 329 g/mol. The van der Waals surface area contributed by atoms with Gasteiger partial charge in [-0.15, -0.1) is 0 Å². The van der Waals surface area contributed by atoms with Crippen LogP contribution in [0.15, 0.2) is 0 Å². The Hall–Kier alpha value is 0.177. The average Bonchev–Trinajstić information content (AvgIpc) is 2.51. The van der Waals surface area contributed by atoms with Crippen molar-refractivity contribution in [2.45, 2.75) is 129 Å². The van der Waals surface area contributed by atoms with E-state index in [9.17, 15) is 4.80 Å². The Kier molecular flexibility index (Phi) is 16.2. The first-order valence-electron chi connectivity index (χ1n) is 10.2. The number of hydrogen-bond acceptors (Lipinski definition) is 1. The Labute approximate surface area is 143 Å². The third-order valence-electron chi connectivity index (χ3n) is 4.89. The summed E-state index contributed by atoms with van der Waals surface area (Å²) >= 11 is 0. The highest BCUT2D eigenvalue weighted by molar-refractivity contribution is 6.30. The first-order chi connectivity index (χ1) is 10.6. The molecule has 0 aliphatic heterocycles. The van der Waals surface area contributed by atoms with E-state index >= 15 is 0 Å². The van der Waals surface area contributed by atoms with Crippen LogP contribution in [-0.2, 0) is 0 Å². The van der Waals surface area contributed by atoms with Crippen molar-refractivity contribution < 1.29 is 4.80 Å². The zero-order valence-electron chi connectivity index (χ0n) is 16.0. The summed E-state index contributed by atoms with van der Waals surface area (Å²) in [4.78, 5) is 9.35. The van der Waals surface area contributed by atoms with Crippen molar-refractivity contribution in [1.29, 1.82) is 0 Å². The van der Waals surface area contributed by atoms with E-state index in [1.54, 1.807) is 0 Å². The Morgan fingerprint density at radius 1 is 0.591 bits per heavy atom. The molecule has 0 atom stereocenters. The van der Waals surface area contributed by atoms with Crippen molar-refractivity contribution in [1.82, 2.24) is 0 Å². The second kappa shape index (κ2) is 16.0. The van der Waals surface area contributed by atoms with Gasteiger partial charge in [0.25, 0.3) is 0 Å². The number of rotatable bonds is 17. The van der Waals surface area contributed by atoms with Crippen LogP contribution in [0.1, 0.15) is 124 Å². The molecule has 1 nitrogen and oxygen atoms in total. The molecule has 0 aromatic heterocycles. The summed E-state index contributed by atoms with van der Waals surface area (Å²) < 4.78 is 0. The maximum atomic E-state index is 9.35. The van der Waals surface area contributed by atoms with Crippen LogP contribution in [0.2, 0.25) is 5.04 Å². The molecule has 0 amide bonds. The standard InChI is InChI=1S/C20H44OSi/c1-4-5-6-7-8-9-10-11-12-13-14-15-16-17-18-19-20(2,3)22-21/h21H,4-19,22H2,1-3H3. The van der Waals surface area contributed by atoms with Gasteiger partial charge in [-0.1, -0.05) is 117 Å². The second-order valence-corrected chi connectivity index (χ2v) is 10.3. The molecule has 0 aliphatic rings. The zero-order chi connectivity index (χ0) is 16.5. The fourth-order valence-electron chi connectivity index (χ4n) is 3.05. The first-order valence-corrected chi connectivity index (χ1v) is 11.6. The Bertz CT molecular complexity index is 216. The lowest BCUT2D eigenvalue weighted by molar-refractivity contribution is 0.471. The van der Waals surface area contributed by atoms with Crippen molar-refractivity contribution in [3.8, 4) is 0 Å². The van der Waals surface area contributed by atoms with Crippen molar-refractivity contribution in [3.05, 3.63) is 0 Å². The fraction of sp³-hybridized carbons (Fsp3) is 1.00. The molecular formula is C20H44OSi. The highest BCUT2D eigenvalue weighted by atomic mass is 28.2. The Balaban J connectivity index is 3.06. The highest BCUT2D eigenvalue weighted by Crippen LogP contribution is 2.29. The van der Waals surface area contributed by atoms with Gasteiger partial charge in [-0.3, -0.25) is 0 Å². The summed E-state index contributed by atoms with van der Waals surface area (Å²) in [7, 11) is -0.823. The lowest BCUT2D eigenvalue weighted by Gasteiger charge is -2.20. The van der Waals surface area contributed by atoms with Gasteiger partial charge in [0.05, 0.1) is 0 Å². The van der Waals surface area contributed by atoms with E-state index in [1.807, 2.05) is 0 Å². The molecular weight excluding hydrogens is 284 g/mol. The van der Waals surface area contributed by atoms with Crippen LogP contribution in [0.25, 0.3) is 0 Å². The minimum atomic E-state index is -0.823. The summed E-state index contributed by atoms with van der Waals surface area (Å²) in [5, 5.41) is 0.274. The predicted molar refractivity (Wildman–Crippen MR) is 104 cm³/mol. The normalized spacial score (nSPS) is 12.5. The van der Waals surface area contributed by atoms with E-state index in [1.165, 1.54) is 103 Å². The van der Waals surface area contributed by atoms with E-state index in [0.717, 1.165) is 0 Å². The van der Waals surface area contributed by atoms with Gasteiger partial charge in [-0.25, -0.2) is 0 Å². The molecule has 0 radical (unpaired) electrons. The Morgan fingerprint density at radius 2 is 0.909 bits per heavy atom. The maximum Gasteiger partial charge on any atom is 0.162 e. The van der Waals surface area contributed by atoms with Gasteiger partial charge in [0.2, 0.25) is 0 Å². The lowest BCUT2D eigenvalue weighted by Crippen LogP contribution is -2.11. The molecule has 0 aromatic rings. The molecule has 0 spiro atoms. The molecule has 0 saturated heterocycles. The van der Waals surface area contributed by atoms with Gasteiger partial charge in [0.1, 0.15) is 0 Å². The van der Waals surface area contributed by atoms with E-state index in [0.29, 0.717) is 0 Å². The second-order valence-electron chi connectivity index (χ2n) is 8.02. The van der Waals surface area contributed by atoms with Gasteiger partial charge in [-0.2, -0.15) is 0 Å². The third kappa shape index (κ3) is 16.5. The molecule has 1 N–H and O–H groups in total. The predicted octanol–water partition coefficient (Wildman–Crippen LogP) is 6.52. The number of hydrogen-bond donors (Lipinski definition) is 1. The van der Waals surface area contributed by atoms with Gasteiger partial charge in [0, 0.05) is 0 Å². The minimum Gasteiger partial charge on any atom is -0.438 e. The van der Waals surface area contributed by atoms with E-state index in [4.69, 9.17) is 0 Å². The van der Waals surface area contributed by atoms with E-state index in [-0.39, 0.29) is 5.04 Å². The quantitative estimate of drug-likeness (QED) is 0.238. The van der Waals surface area contributed by atoms with Crippen molar-refractivity contribution in [2.75, 3.05) is 0 Å². The Morgan fingerprint density at radius 3 is 1.23 bits per heavy atom. The molecule has 0 fully saturated rings. The van der Waals surface area contributed by atoms with Crippen molar-refractivity contribution >= 4 is 9.76 Å². The summed E-state index contributed by atoms with van der Waals surface area (Å²) in [6.07, 6.45) is 22.7. The summed E-state index contributed by atoms with van der Waals surface area (Å²) in [6, 6.07) is 0. The highest BCUT2D eigenvalue weighted by Gasteiger charge is 2.15. The molecule has 0 heterocycles. The lowest BCUT2D eigenvalue weighted by atomic mass is 10.0. The van der Waals surface area contributed by atoms with Gasteiger partial charge in [-0.05, 0) is 11.5 Å². The first kappa shape index (κ1) is 22.2. The van der Waals surface area contributed by atoms with Gasteiger partial charge in [0.15, 0.2) is 9.76 Å². The minimum absolute atomic E-state index is 0.274. The smallest absolute Gasteiger partial charge is 0.162 e. The largest absolute Gasteiger partial charge is 0.438 e. The summed E-state index contributed by atoms with van der Waals surface area (Å²) in [5.41, 5.74) is 0. The molecule has 0 bridgehead atoms. The maximum absolute atomic E-state index is 9.35. The van der Waals surface area contributed by atoms with Crippen LogP contribution in [0.5, 0.6) is 0 Å². The molecule has 134 valence electrons. The molecule has 0 aliphatic carbocycles. The number of unbranched alkanes of at least 4 members (excludes halogenated alkanes) is 14. The molecule has 22 heavy (non-hydrogen) atoms. The molecule has 0 aromatic carbocycles. The monoisotopic (exact) mass is 328 g/mol. The van der Waals surface area contributed by atoms with Crippen LogP contribution < -0.4 is 0 Å². The van der Waals surface area contributed by atoms with E-state index in [2.05, 4.69) is 20.8 Å². The zero-order valence-corrected chi connectivity index (χ0v) is 17.4. The van der Waals surface area contributed by atoms with Crippen LogP contribution in [0.4, 0.5) is 0 Å². The SMILES string of the molecule is CCCCCCCCCCCCCCCCCC(C)(C)[SiH2]O. The summed E-state index contributed by atoms with van der Waals surface area (Å²) in [6.45, 7) is 6.74. The summed E-state index contributed by atoms with van der Waals surface area (Å²) in [5.74, 6) is 0. The van der Waals surface area contributed by atoms with Crippen LogP contribution >= 0.6 is 0 Å². The third-order valence-corrected chi connectivity index (χ3v) is 6.09. The van der Waals surface area contributed by atoms with Crippen LogP contribution in [-0.4, -0.2) is 14.6 Å². The van der Waals surface area contributed by atoms with Gasteiger partial charge >= 0.3 is 0 Å². The molecule has 0 rings (SSSR count). The van der Waals surface area contributed by atoms with E-state index < -0.39 is 9.76 Å². The molecule has 0 unspecified atom stereocenters. The van der Waals surface area contributed by atoms with Crippen LogP contribution in [0.3, 0.4) is 0 Å². The molecule has 0 saturated carbocycles. The van der Waals surface area contributed by atoms with Crippen molar-refractivity contribution in [2.24, 2.45) is 0 Å². The van der Waals surface area contributed by atoms with Crippen molar-refractivity contribution in [3.63, 3.8) is 0 Å².